The van der Waals surface area contributed by atoms with E-state index in [1.165, 1.54) is 0 Å². The first-order chi connectivity index (χ1) is 7.96. The summed E-state index contributed by atoms with van der Waals surface area (Å²) in [6.45, 7) is 0.519. The summed E-state index contributed by atoms with van der Waals surface area (Å²) in [5.41, 5.74) is 3.33. The van der Waals surface area contributed by atoms with Crippen LogP contribution in [-0.2, 0) is 19.4 Å². The van der Waals surface area contributed by atoms with Crippen molar-refractivity contribution >= 4 is 21.7 Å². The smallest absolute Gasteiger partial charge is 0.337 e. The zero-order valence-corrected chi connectivity index (χ0v) is 11.0. The maximum atomic E-state index is 11.4. The number of carboxylic acids is 1. The fraction of sp³-hybridized carbons (Fsp3) is 0.778. The summed E-state index contributed by atoms with van der Waals surface area (Å²) in [6, 6.07) is -1.07. The third kappa shape index (κ3) is 6.52. The number of rotatable bonds is 7. The Bertz CT molecular complexity index is 417. The first-order valence-electron chi connectivity index (χ1n) is 5.12. The molecule has 0 spiro atoms. The van der Waals surface area contributed by atoms with Crippen LogP contribution in [0.2, 0.25) is 0 Å². The van der Waals surface area contributed by atoms with Crippen molar-refractivity contribution in [1.29, 1.82) is 0 Å². The van der Waals surface area contributed by atoms with E-state index in [1.54, 1.807) is 0 Å². The molecule has 0 saturated carbocycles. The van der Waals surface area contributed by atoms with Crippen molar-refractivity contribution in [3.8, 4) is 0 Å². The Morgan fingerprint density at radius 1 is 1.44 bits per heavy atom. The molecule has 0 aromatic carbocycles. The van der Waals surface area contributed by atoms with Crippen LogP contribution < -0.4 is 11.1 Å². The normalized spacial score (nSPS) is 16.7. The number of sulfone groups is 1. The van der Waals surface area contributed by atoms with E-state index in [9.17, 15) is 23.1 Å². The fourth-order valence-corrected chi connectivity index (χ4v) is 1.62. The van der Waals surface area contributed by atoms with Crippen molar-refractivity contribution in [2.75, 3.05) is 18.6 Å². The van der Waals surface area contributed by atoms with Gasteiger partial charge in [0.1, 0.15) is 9.84 Å². The topological polar surface area (TPSA) is 147 Å². The summed E-state index contributed by atoms with van der Waals surface area (Å²) in [5, 5.41) is 20.1. The second-order valence-electron chi connectivity index (χ2n) is 4.32. The summed E-state index contributed by atoms with van der Waals surface area (Å²) in [6.07, 6.45) is 0.951. The summed E-state index contributed by atoms with van der Waals surface area (Å²) in [4.78, 5) is 21.9. The van der Waals surface area contributed by atoms with Crippen molar-refractivity contribution in [3.63, 3.8) is 0 Å². The second-order valence-corrected chi connectivity index (χ2v) is 6.58. The molecule has 0 bridgehead atoms. The van der Waals surface area contributed by atoms with E-state index in [0.717, 1.165) is 13.2 Å². The summed E-state index contributed by atoms with van der Waals surface area (Å²) in [5.74, 6) is -2.43. The maximum Gasteiger partial charge on any atom is 0.337 e. The third-order valence-electron chi connectivity index (χ3n) is 2.20. The lowest BCUT2D eigenvalue weighted by molar-refractivity contribution is -0.156. The molecule has 2 unspecified atom stereocenters. The van der Waals surface area contributed by atoms with E-state index in [1.807, 2.05) is 0 Å². The van der Waals surface area contributed by atoms with Crippen LogP contribution in [0.4, 0.5) is 0 Å². The summed E-state index contributed by atoms with van der Waals surface area (Å²) in [7, 11) is -3.21. The number of hydrogen-bond acceptors (Lipinski definition) is 6. The van der Waals surface area contributed by atoms with Gasteiger partial charge in [-0.05, 0) is 13.3 Å². The average Bonchev–Trinajstić information content (AvgIpc) is 2.21. The van der Waals surface area contributed by atoms with Crippen LogP contribution >= 0.6 is 0 Å². The van der Waals surface area contributed by atoms with Gasteiger partial charge in [-0.2, -0.15) is 0 Å². The standard InChI is InChI=1S/C9H18N2O6S/c1-9(15,8(13)14)5-11-7(12)6(10)3-4-18(2,16)17/h6,15H,3-5,10H2,1-2H3,(H,11,12)(H,13,14). The number of nitrogens with two attached hydrogens (primary N) is 1. The van der Waals surface area contributed by atoms with Crippen LogP contribution in [0.5, 0.6) is 0 Å². The average molecular weight is 282 g/mol. The first-order valence-corrected chi connectivity index (χ1v) is 7.18. The van der Waals surface area contributed by atoms with Gasteiger partial charge in [-0.15, -0.1) is 0 Å². The predicted molar refractivity (Wildman–Crippen MR) is 63.6 cm³/mol. The van der Waals surface area contributed by atoms with Crippen molar-refractivity contribution in [1.82, 2.24) is 5.32 Å². The van der Waals surface area contributed by atoms with Crippen LogP contribution in [0.1, 0.15) is 13.3 Å². The van der Waals surface area contributed by atoms with E-state index in [0.29, 0.717) is 0 Å². The molecule has 0 saturated heterocycles. The molecular formula is C9H18N2O6S. The summed E-state index contributed by atoms with van der Waals surface area (Å²) < 4.78 is 21.7. The molecule has 0 aliphatic carbocycles. The van der Waals surface area contributed by atoms with Gasteiger partial charge in [0, 0.05) is 6.26 Å². The van der Waals surface area contributed by atoms with Crippen LogP contribution in [0.25, 0.3) is 0 Å². The third-order valence-corrected chi connectivity index (χ3v) is 3.18. The molecule has 0 fully saturated rings. The quantitative estimate of drug-likeness (QED) is 0.410. The second kappa shape index (κ2) is 6.12. The minimum atomic E-state index is -3.21. The SMILES string of the molecule is CC(O)(CNC(=O)C(N)CCS(C)(=O)=O)C(=O)O. The van der Waals surface area contributed by atoms with Gasteiger partial charge in [0.25, 0.3) is 0 Å². The molecule has 18 heavy (non-hydrogen) atoms. The van der Waals surface area contributed by atoms with Gasteiger partial charge >= 0.3 is 5.97 Å². The Morgan fingerprint density at radius 2 is 1.94 bits per heavy atom. The number of aliphatic carboxylic acids is 1. The molecule has 0 rings (SSSR count). The van der Waals surface area contributed by atoms with Crippen molar-refractivity contribution < 1.29 is 28.2 Å². The van der Waals surface area contributed by atoms with Crippen LogP contribution in [0, 0.1) is 0 Å². The number of aliphatic hydroxyl groups is 1. The lowest BCUT2D eigenvalue weighted by Crippen LogP contribution is -2.50. The van der Waals surface area contributed by atoms with Crippen molar-refractivity contribution in [2.45, 2.75) is 25.0 Å². The largest absolute Gasteiger partial charge is 0.479 e. The van der Waals surface area contributed by atoms with E-state index in [4.69, 9.17) is 10.8 Å². The number of carbonyl (C=O) groups is 2. The van der Waals surface area contributed by atoms with Gasteiger partial charge in [-0.3, -0.25) is 4.79 Å². The number of nitrogens with one attached hydrogen (secondary N) is 1. The van der Waals surface area contributed by atoms with Crippen LogP contribution in [0.3, 0.4) is 0 Å². The monoisotopic (exact) mass is 282 g/mol. The lowest BCUT2D eigenvalue weighted by atomic mass is 10.1. The van der Waals surface area contributed by atoms with Crippen LogP contribution in [-0.4, -0.2) is 60.7 Å². The molecule has 2 atom stereocenters. The lowest BCUT2D eigenvalue weighted by Gasteiger charge is -2.19. The number of amides is 1. The molecule has 8 nitrogen and oxygen atoms in total. The van der Waals surface area contributed by atoms with E-state index >= 15 is 0 Å². The molecule has 9 heteroatoms. The fourth-order valence-electron chi connectivity index (χ4n) is 0.938. The Hall–Kier alpha value is -1.19. The highest BCUT2D eigenvalue weighted by molar-refractivity contribution is 7.90. The zero-order valence-electron chi connectivity index (χ0n) is 10.2. The molecule has 0 aromatic rings. The Labute approximate surface area is 105 Å². The maximum absolute atomic E-state index is 11.4. The van der Waals surface area contributed by atoms with Gasteiger partial charge in [0.2, 0.25) is 5.91 Å². The van der Waals surface area contributed by atoms with Crippen LogP contribution in [0.15, 0.2) is 0 Å². The van der Waals surface area contributed by atoms with Gasteiger partial charge in [0.15, 0.2) is 5.60 Å². The van der Waals surface area contributed by atoms with Crippen molar-refractivity contribution in [3.05, 3.63) is 0 Å². The zero-order chi connectivity index (χ0) is 14.6. The van der Waals surface area contributed by atoms with Gasteiger partial charge < -0.3 is 21.3 Å². The molecular weight excluding hydrogens is 264 g/mol. The minimum Gasteiger partial charge on any atom is -0.479 e. The Balaban J connectivity index is 4.22. The number of carboxylic acid groups (broad SMARTS) is 1. The molecule has 5 N–H and O–H groups in total. The molecule has 106 valence electrons. The Kier molecular flexibility index (Phi) is 5.71. The van der Waals surface area contributed by atoms with Crippen molar-refractivity contribution in [2.24, 2.45) is 5.73 Å². The van der Waals surface area contributed by atoms with E-state index in [2.05, 4.69) is 5.32 Å². The molecule has 0 radical (unpaired) electrons. The molecule has 0 aromatic heterocycles. The minimum absolute atomic E-state index is 0.0696. The number of carbonyl (C=O) groups excluding carboxylic acids is 1. The number of hydrogen-bond donors (Lipinski definition) is 4. The molecule has 0 heterocycles. The van der Waals surface area contributed by atoms with Gasteiger partial charge in [-0.25, -0.2) is 13.2 Å². The highest BCUT2D eigenvalue weighted by Crippen LogP contribution is 2.01. The highest BCUT2D eigenvalue weighted by Gasteiger charge is 2.31. The molecule has 0 aliphatic rings. The first kappa shape index (κ1) is 16.8. The predicted octanol–water partition coefficient (Wildman–Crippen LogP) is -2.30. The van der Waals surface area contributed by atoms with E-state index < -0.39 is 39.9 Å². The molecule has 1 amide bonds. The highest BCUT2D eigenvalue weighted by atomic mass is 32.2. The van der Waals surface area contributed by atoms with E-state index in [-0.39, 0.29) is 12.2 Å². The van der Waals surface area contributed by atoms with Gasteiger partial charge in [-0.1, -0.05) is 0 Å². The molecule has 0 aliphatic heterocycles. The Morgan fingerprint density at radius 3 is 2.33 bits per heavy atom. The summed E-state index contributed by atoms with van der Waals surface area (Å²) >= 11 is 0. The van der Waals surface area contributed by atoms with Gasteiger partial charge in [0.05, 0.1) is 18.3 Å².